The molecule has 3 rings (SSSR count). The lowest BCUT2D eigenvalue weighted by Gasteiger charge is -2.15. The Hall–Kier alpha value is -2.07. The number of nitrogens with one attached hydrogen (secondary N) is 1. The highest BCUT2D eigenvalue weighted by atomic mass is 16.5. The second-order valence-electron chi connectivity index (χ2n) is 5.86. The van der Waals surface area contributed by atoms with Gasteiger partial charge in [-0.15, -0.1) is 0 Å². The quantitative estimate of drug-likeness (QED) is 0.923. The smallest absolute Gasteiger partial charge is 0.255 e. The Balaban J connectivity index is 2.12. The number of rotatable bonds is 5. The van der Waals surface area contributed by atoms with Crippen molar-refractivity contribution in [3.8, 4) is 17.0 Å². The second kappa shape index (κ2) is 5.97. The third kappa shape index (κ3) is 2.66. The summed E-state index contributed by atoms with van der Waals surface area (Å²) in [5, 5.41) is 3.06. The summed E-state index contributed by atoms with van der Waals surface area (Å²) in [6, 6.07) is 10.4. The van der Waals surface area contributed by atoms with E-state index in [1.807, 2.05) is 36.7 Å². The Morgan fingerprint density at radius 2 is 2.05 bits per heavy atom. The van der Waals surface area contributed by atoms with Crippen LogP contribution in [0.15, 0.2) is 35.1 Å². The Morgan fingerprint density at radius 3 is 2.64 bits per heavy atom. The van der Waals surface area contributed by atoms with E-state index in [1.54, 1.807) is 7.11 Å². The highest BCUT2D eigenvalue weighted by Gasteiger charge is 2.27. The van der Waals surface area contributed by atoms with E-state index in [2.05, 4.69) is 17.4 Å². The number of methoxy groups -OCH3 is 1. The lowest BCUT2D eigenvalue weighted by Crippen LogP contribution is -2.26. The molecule has 1 aliphatic rings. The topological polar surface area (TPSA) is 43.3 Å². The highest BCUT2D eigenvalue weighted by molar-refractivity contribution is 5.63. The van der Waals surface area contributed by atoms with E-state index in [0.717, 1.165) is 41.0 Å². The van der Waals surface area contributed by atoms with E-state index in [0.29, 0.717) is 12.6 Å². The number of nitrogens with zero attached hydrogens (tertiary/aromatic N) is 1. The molecule has 1 aliphatic carbocycles. The van der Waals surface area contributed by atoms with Crippen molar-refractivity contribution in [2.24, 2.45) is 0 Å². The van der Waals surface area contributed by atoms with E-state index in [1.165, 1.54) is 0 Å². The van der Waals surface area contributed by atoms with Crippen LogP contribution in [-0.2, 0) is 6.54 Å². The van der Waals surface area contributed by atoms with Crippen LogP contribution in [0.4, 0.5) is 0 Å². The minimum Gasteiger partial charge on any atom is -0.496 e. The van der Waals surface area contributed by atoms with Gasteiger partial charge < -0.3 is 14.6 Å². The average Bonchev–Trinajstić information content (AvgIpc) is 3.33. The minimum atomic E-state index is 0.128. The summed E-state index contributed by atoms with van der Waals surface area (Å²) in [6.07, 6.45) is 2.18. The van der Waals surface area contributed by atoms with E-state index in [-0.39, 0.29) is 5.56 Å². The van der Waals surface area contributed by atoms with Crippen molar-refractivity contribution >= 4 is 0 Å². The van der Waals surface area contributed by atoms with Gasteiger partial charge in [0.25, 0.3) is 5.56 Å². The molecule has 0 saturated heterocycles. The van der Waals surface area contributed by atoms with Crippen LogP contribution in [0.25, 0.3) is 11.3 Å². The van der Waals surface area contributed by atoms with Gasteiger partial charge in [0.1, 0.15) is 5.75 Å². The summed E-state index contributed by atoms with van der Waals surface area (Å²) in [7, 11) is 3.54. The number of pyridine rings is 1. The summed E-state index contributed by atoms with van der Waals surface area (Å²) >= 11 is 0. The highest BCUT2D eigenvalue weighted by Crippen LogP contribution is 2.37. The molecule has 2 aromatic rings. The van der Waals surface area contributed by atoms with Crippen molar-refractivity contribution < 1.29 is 4.74 Å². The van der Waals surface area contributed by atoms with Crippen LogP contribution in [0.3, 0.4) is 0 Å². The molecule has 0 bridgehead atoms. The average molecular weight is 298 g/mol. The Bertz CT molecular complexity index is 745. The van der Waals surface area contributed by atoms with Crippen LogP contribution in [0.1, 0.15) is 30.0 Å². The van der Waals surface area contributed by atoms with Gasteiger partial charge in [-0.2, -0.15) is 0 Å². The number of hydrogen-bond donors (Lipinski definition) is 1. The number of aryl methyl sites for hydroxylation is 1. The van der Waals surface area contributed by atoms with Crippen LogP contribution in [0, 0.1) is 6.92 Å². The minimum absolute atomic E-state index is 0.128. The maximum absolute atomic E-state index is 12.7. The third-order valence-electron chi connectivity index (χ3n) is 4.17. The number of ether oxygens (including phenoxy) is 1. The standard InChI is InChI=1S/C18H22N2O2/c1-12-10-13(5-9-17(12)22-3)16-8-4-14(11-19-2)18(21)20(16)15-6-7-15/h4-5,8-10,15,19H,6-7,11H2,1-3H3. The first-order valence-electron chi connectivity index (χ1n) is 7.69. The fraction of sp³-hybridized carbons (Fsp3) is 0.389. The molecule has 0 spiro atoms. The summed E-state index contributed by atoms with van der Waals surface area (Å²) in [5.74, 6) is 0.871. The first-order chi connectivity index (χ1) is 10.7. The van der Waals surface area contributed by atoms with Crippen molar-refractivity contribution in [1.29, 1.82) is 0 Å². The first-order valence-corrected chi connectivity index (χ1v) is 7.69. The molecule has 0 aliphatic heterocycles. The molecule has 0 amide bonds. The maximum atomic E-state index is 12.7. The fourth-order valence-electron chi connectivity index (χ4n) is 2.89. The molecule has 0 radical (unpaired) electrons. The van der Waals surface area contributed by atoms with Crippen molar-refractivity contribution in [3.63, 3.8) is 0 Å². The van der Waals surface area contributed by atoms with Gasteiger partial charge in [-0.3, -0.25) is 4.79 Å². The van der Waals surface area contributed by atoms with Gasteiger partial charge in [-0.25, -0.2) is 0 Å². The van der Waals surface area contributed by atoms with Crippen LogP contribution >= 0.6 is 0 Å². The Labute approximate surface area is 130 Å². The maximum Gasteiger partial charge on any atom is 0.255 e. The molecule has 1 saturated carbocycles. The van der Waals surface area contributed by atoms with E-state index >= 15 is 0 Å². The molecule has 116 valence electrons. The molecule has 1 N–H and O–H groups in total. The molecular weight excluding hydrogens is 276 g/mol. The van der Waals surface area contributed by atoms with E-state index < -0.39 is 0 Å². The third-order valence-corrected chi connectivity index (χ3v) is 4.17. The van der Waals surface area contributed by atoms with E-state index in [4.69, 9.17) is 4.74 Å². The Kier molecular flexibility index (Phi) is 4.03. The molecule has 1 aromatic carbocycles. The van der Waals surface area contributed by atoms with Gasteiger partial charge in [-0.05, 0) is 62.2 Å². The summed E-state index contributed by atoms with van der Waals surface area (Å²) in [4.78, 5) is 12.7. The van der Waals surface area contributed by atoms with Gasteiger partial charge in [0, 0.05) is 18.2 Å². The van der Waals surface area contributed by atoms with Crippen molar-refractivity contribution in [1.82, 2.24) is 9.88 Å². The van der Waals surface area contributed by atoms with Crippen LogP contribution < -0.4 is 15.6 Å². The zero-order valence-corrected chi connectivity index (χ0v) is 13.3. The summed E-state index contributed by atoms with van der Waals surface area (Å²) < 4.78 is 7.29. The number of aromatic nitrogens is 1. The normalized spacial score (nSPS) is 14.1. The lowest BCUT2D eigenvalue weighted by molar-refractivity contribution is 0.412. The van der Waals surface area contributed by atoms with Crippen molar-refractivity contribution in [2.75, 3.05) is 14.2 Å². The predicted molar refractivity (Wildman–Crippen MR) is 88.5 cm³/mol. The predicted octanol–water partition coefficient (Wildman–Crippen LogP) is 2.89. The fourth-order valence-corrected chi connectivity index (χ4v) is 2.89. The molecule has 0 unspecified atom stereocenters. The van der Waals surface area contributed by atoms with Gasteiger partial charge in [0.05, 0.1) is 12.8 Å². The van der Waals surface area contributed by atoms with Gasteiger partial charge >= 0.3 is 0 Å². The summed E-state index contributed by atoms with van der Waals surface area (Å²) in [6.45, 7) is 2.63. The van der Waals surface area contributed by atoms with Crippen molar-refractivity contribution in [2.45, 2.75) is 32.4 Å². The molecule has 4 nitrogen and oxygen atoms in total. The number of hydrogen-bond acceptors (Lipinski definition) is 3. The van der Waals surface area contributed by atoms with Gasteiger partial charge in [0.2, 0.25) is 0 Å². The second-order valence-corrected chi connectivity index (χ2v) is 5.86. The molecule has 22 heavy (non-hydrogen) atoms. The zero-order chi connectivity index (χ0) is 15.7. The monoisotopic (exact) mass is 298 g/mol. The first kappa shape index (κ1) is 14.9. The van der Waals surface area contributed by atoms with Gasteiger partial charge in [-0.1, -0.05) is 6.07 Å². The molecule has 0 atom stereocenters. The molecule has 1 aromatic heterocycles. The lowest BCUT2D eigenvalue weighted by atomic mass is 10.1. The van der Waals surface area contributed by atoms with E-state index in [9.17, 15) is 4.79 Å². The van der Waals surface area contributed by atoms with Gasteiger partial charge in [0.15, 0.2) is 0 Å². The molecule has 1 heterocycles. The molecular formula is C18H22N2O2. The van der Waals surface area contributed by atoms with Crippen LogP contribution in [0.5, 0.6) is 5.75 Å². The zero-order valence-electron chi connectivity index (χ0n) is 13.3. The SMILES string of the molecule is CNCc1ccc(-c2ccc(OC)c(C)c2)n(C2CC2)c1=O. The largest absolute Gasteiger partial charge is 0.496 e. The van der Waals surface area contributed by atoms with Crippen molar-refractivity contribution in [3.05, 3.63) is 51.8 Å². The summed E-state index contributed by atoms with van der Waals surface area (Å²) in [5.41, 5.74) is 4.09. The van der Waals surface area contributed by atoms with Crippen LogP contribution in [0.2, 0.25) is 0 Å². The number of benzene rings is 1. The molecule has 1 fully saturated rings. The van der Waals surface area contributed by atoms with Crippen LogP contribution in [-0.4, -0.2) is 18.7 Å². The molecule has 4 heteroatoms. The Morgan fingerprint density at radius 1 is 1.27 bits per heavy atom.